The van der Waals surface area contributed by atoms with Crippen LogP contribution in [0, 0.1) is 34.5 Å². The maximum atomic E-state index is 8.93. The molecule has 0 radical (unpaired) electrons. The number of rotatable bonds is 0. The van der Waals surface area contributed by atoms with Crippen LogP contribution in [0.15, 0.2) is 22.8 Å². The van der Waals surface area contributed by atoms with Crippen LogP contribution in [0.25, 0.3) is 0 Å². The summed E-state index contributed by atoms with van der Waals surface area (Å²) in [6.45, 7) is 1.99. The highest BCUT2D eigenvalue weighted by atomic mass is 14.5. The van der Waals surface area contributed by atoms with E-state index in [-0.39, 0.29) is 0 Å². The minimum atomic E-state index is 0.358. The summed E-state index contributed by atoms with van der Waals surface area (Å²) in [5.74, 6) is 0.718. The van der Waals surface area contributed by atoms with Gasteiger partial charge >= 0.3 is 0 Å². The minimum Gasteiger partial charge on any atom is -0.193 e. The first-order chi connectivity index (χ1) is 6.27. The molecule has 13 heavy (non-hydrogen) atoms. The second kappa shape index (κ2) is 2.75. The molecule has 0 aromatic rings. The molecule has 2 aliphatic rings. The van der Waals surface area contributed by atoms with Crippen molar-refractivity contribution >= 4 is 0 Å². The van der Waals surface area contributed by atoms with Gasteiger partial charge in [0.1, 0.15) is 0 Å². The molecule has 2 heteroatoms. The second-order valence-corrected chi connectivity index (χ2v) is 3.73. The SMILES string of the molecule is CC1=C(C#N)[C@@H]2C[C@@H]2C(C#N)=CC1. The molecule has 64 valence electrons. The number of nitrogens with zero attached hydrogens (tertiary/aromatic N) is 2. The van der Waals surface area contributed by atoms with E-state index in [1.165, 1.54) is 0 Å². The Hall–Kier alpha value is -1.54. The zero-order chi connectivity index (χ0) is 9.42. The molecule has 0 aromatic heterocycles. The number of nitriles is 2. The van der Waals surface area contributed by atoms with Gasteiger partial charge in [-0.2, -0.15) is 10.5 Å². The molecule has 1 saturated carbocycles. The Bertz CT molecular complexity index is 387. The fourth-order valence-corrected chi connectivity index (χ4v) is 2.01. The van der Waals surface area contributed by atoms with Crippen molar-refractivity contribution < 1.29 is 0 Å². The van der Waals surface area contributed by atoms with E-state index in [4.69, 9.17) is 10.5 Å². The Balaban J connectivity index is 2.35. The quantitative estimate of drug-likeness (QED) is 0.560. The maximum absolute atomic E-state index is 8.93. The third-order valence-electron chi connectivity index (χ3n) is 2.90. The van der Waals surface area contributed by atoms with Gasteiger partial charge < -0.3 is 0 Å². The van der Waals surface area contributed by atoms with Crippen molar-refractivity contribution in [3.63, 3.8) is 0 Å². The van der Waals surface area contributed by atoms with Crippen molar-refractivity contribution in [2.24, 2.45) is 11.8 Å². The summed E-state index contributed by atoms with van der Waals surface area (Å²) >= 11 is 0. The van der Waals surface area contributed by atoms with Crippen molar-refractivity contribution in [1.82, 2.24) is 0 Å². The van der Waals surface area contributed by atoms with Crippen molar-refractivity contribution in [2.45, 2.75) is 19.8 Å². The molecule has 0 N–H and O–H groups in total. The first-order valence-electron chi connectivity index (χ1n) is 4.47. The lowest BCUT2D eigenvalue weighted by Crippen LogP contribution is -1.88. The Morgan fingerprint density at radius 3 is 2.69 bits per heavy atom. The van der Waals surface area contributed by atoms with Gasteiger partial charge in [0, 0.05) is 23.0 Å². The fraction of sp³-hybridized carbons (Fsp3) is 0.455. The van der Waals surface area contributed by atoms with E-state index in [0.29, 0.717) is 11.8 Å². The van der Waals surface area contributed by atoms with Gasteiger partial charge in [0.2, 0.25) is 0 Å². The van der Waals surface area contributed by atoms with Gasteiger partial charge in [-0.25, -0.2) is 0 Å². The zero-order valence-electron chi connectivity index (χ0n) is 7.54. The normalized spacial score (nSPS) is 30.8. The number of allylic oxidation sites excluding steroid dienone is 4. The number of hydrogen-bond acceptors (Lipinski definition) is 2. The molecule has 0 bridgehead atoms. The smallest absolute Gasteiger partial charge is 0.0949 e. The molecule has 2 rings (SSSR count). The first kappa shape index (κ1) is 8.08. The average Bonchev–Trinajstić information content (AvgIpc) is 2.86. The van der Waals surface area contributed by atoms with Gasteiger partial charge in [-0.1, -0.05) is 11.6 Å². The summed E-state index contributed by atoms with van der Waals surface area (Å²) in [5, 5.41) is 17.8. The van der Waals surface area contributed by atoms with Crippen LogP contribution in [-0.2, 0) is 0 Å². The van der Waals surface area contributed by atoms with E-state index in [1.54, 1.807) is 0 Å². The molecule has 2 nitrogen and oxygen atoms in total. The lowest BCUT2D eigenvalue weighted by atomic mass is 10.0. The second-order valence-electron chi connectivity index (χ2n) is 3.73. The Morgan fingerprint density at radius 2 is 2.08 bits per heavy atom. The number of hydrogen-bond donors (Lipinski definition) is 0. The van der Waals surface area contributed by atoms with Crippen LogP contribution in [0.1, 0.15) is 19.8 Å². The molecular formula is C11H10N2. The van der Waals surface area contributed by atoms with Crippen LogP contribution < -0.4 is 0 Å². The third-order valence-corrected chi connectivity index (χ3v) is 2.90. The molecule has 0 unspecified atom stereocenters. The Kier molecular flexibility index (Phi) is 1.71. The van der Waals surface area contributed by atoms with Crippen LogP contribution in [0.4, 0.5) is 0 Å². The number of fused-ring (bicyclic) bond motifs is 1. The summed E-state index contributed by atoms with van der Waals surface area (Å²) in [4.78, 5) is 0. The highest BCUT2D eigenvalue weighted by Crippen LogP contribution is 2.51. The summed E-state index contributed by atoms with van der Waals surface area (Å²) in [7, 11) is 0. The molecule has 0 heterocycles. The Morgan fingerprint density at radius 1 is 1.31 bits per heavy atom. The molecule has 2 atom stereocenters. The van der Waals surface area contributed by atoms with Gasteiger partial charge in [-0.15, -0.1) is 0 Å². The molecule has 2 aliphatic carbocycles. The van der Waals surface area contributed by atoms with Crippen LogP contribution in [0.5, 0.6) is 0 Å². The van der Waals surface area contributed by atoms with Crippen LogP contribution in [-0.4, -0.2) is 0 Å². The highest BCUT2D eigenvalue weighted by Gasteiger charge is 2.44. The van der Waals surface area contributed by atoms with E-state index < -0.39 is 0 Å². The van der Waals surface area contributed by atoms with Crippen LogP contribution in [0.2, 0.25) is 0 Å². The standard InChI is InChI=1S/C11H10N2/c1-7-2-3-8(5-12)9-4-10(9)11(7)6-13/h3,9-10H,2,4H2,1H3/t9-,10-/m1/s1. The highest BCUT2D eigenvalue weighted by molar-refractivity contribution is 5.44. The minimum absolute atomic E-state index is 0.358. The predicted molar refractivity (Wildman–Crippen MR) is 48.2 cm³/mol. The van der Waals surface area contributed by atoms with E-state index in [0.717, 1.165) is 29.6 Å². The lowest BCUT2D eigenvalue weighted by Gasteiger charge is -1.97. The molecule has 1 fully saturated rings. The van der Waals surface area contributed by atoms with Crippen molar-refractivity contribution in [3.05, 3.63) is 22.8 Å². The summed E-state index contributed by atoms with van der Waals surface area (Å²) in [5.41, 5.74) is 2.95. The van der Waals surface area contributed by atoms with Gasteiger partial charge in [-0.05, 0) is 19.8 Å². The van der Waals surface area contributed by atoms with Crippen molar-refractivity contribution in [1.29, 1.82) is 10.5 Å². The summed E-state index contributed by atoms with van der Waals surface area (Å²) in [6, 6.07) is 4.49. The summed E-state index contributed by atoms with van der Waals surface area (Å²) in [6.07, 6.45) is 3.75. The van der Waals surface area contributed by atoms with Gasteiger partial charge in [0.05, 0.1) is 12.1 Å². The summed E-state index contributed by atoms with van der Waals surface area (Å²) < 4.78 is 0. The van der Waals surface area contributed by atoms with Gasteiger partial charge in [0.25, 0.3) is 0 Å². The lowest BCUT2D eigenvalue weighted by molar-refractivity contribution is 0.924. The molecule has 0 saturated heterocycles. The van der Waals surface area contributed by atoms with Crippen LogP contribution >= 0.6 is 0 Å². The molecule has 0 spiro atoms. The van der Waals surface area contributed by atoms with Crippen molar-refractivity contribution in [2.75, 3.05) is 0 Å². The van der Waals surface area contributed by atoms with E-state index in [1.807, 2.05) is 13.0 Å². The predicted octanol–water partition coefficient (Wildman–Crippen LogP) is 2.32. The molecular weight excluding hydrogens is 160 g/mol. The first-order valence-corrected chi connectivity index (χ1v) is 4.47. The Labute approximate surface area is 77.8 Å². The largest absolute Gasteiger partial charge is 0.193 e. The topological polar surface area (TPSA) is 47.6 Å². The molecule has 0 aromatic carbocycles. The molecule has 0 amide bonds. The van der Waals surface area contributed by atoms with E-state index >= 15 is 0 Å². The zero-order valence-corrected chi connectivity index (χ0v) is 7.54. The average molecular weight is 170 g/mol. The fourth-order valence-electron chi connectivity index (χ4n) is 2.01. The van der Waals surface area contributed by atoms with Gasteiger partial charge in [-0.3, -0.25) is 0 Å². The van der Waals surface area contributed by atoms with Crippen LogP contribution in [0.3, 0.4) is 0 Å². The van der Waals surface area contributed by atoms with E-state index in [2.05, 4.69) is 12.1 Å². The monoisotopic (exact) mass is 170 g/mol. The maximum Gasteiger partial charge on any atom is 0.0949 e. The third kappa shape index (κ3) is 1.15. The van der Waals surface area contributed by atoms with Crippen molar-refractivity contribution in [3.8, 4) is 12.1 Å². The van der Waals surface area contributed by atoms with E-state index in [9.17, 15) is 0 Å². The van der Waals surface area contributed by atoms with Gasteiger partial charge in [0.15, 0.2) is 0 Å². The molecule has 0 aliphatic heterocycles.